The van der Waals surface area contributed by atoms with Crippen molar-refractivity contribution < 1.29 is 9.59 Å². The van der Waals surface area contributed by atoms with E-state index in [-0.39, 0.29) is 23.8 Å². The number of carbonyl (C=O) groups excluding carboxylic acids is 2. The maximum absolute atomic E-state index is 12.0. The lowest BCUT2D eigenvalue weighted by molar-refractivity contribution is -0.153. The third kappa shape index (κ3) is 2.82. The second-order valence-electron chi connectivity index (χ2n) is 5.66. The van der Waals surface area contributed by atoms with E-state index in [1.54, 1.807) is 24.3 Å². The molecule has 4 nitrogen and oxygen atoms in total. The van der Waals surface area contributed by atoms with Crippen LogP contribution in [0.3, 0.4) is 0 Å². The number of hydrogen-bond donors (Lipinski definition) is 0. The third-order valence-electron chi connectivity index (χ3n) is 3.33. The van der Waals surface area contributed by atoms with Gasteiger partial charge in [-0.3, -0.25) is 14.5 Å². The maximum Gasteiger partial charge on any atom is 0.230 e. The standard InChI is InChI=1S/C15H16N2O2/c1-15(2)7-13(18)17(14(19)8-15)10-12-6-4-3-5-11(12)9-16/h3-6H,7-8,10H2,1-2H3. The van der Waals surface area contributed by atoms with Crippen molar-refractivity contribution >= 4 is 11.8 Å². The highest BCUT2D eigenvalue weighted by molar-refractivity contribution is 5.98. The minimum absolute atomic E-state index is 0.158. The highest BCUT2D eigenvalue weighted by atomic mass is 16.2. The van der Waals surface area contributed by atoms with E-state index in [0.717, 1.165) is 0 Å². The smallest absolute Gasteiger partial charge is 0.230 e. The molecule has 0 radical (unpaired) electrons. The highest BCUT2D eigenvalue weighted by Crippen LogP contribution is 2.32. The van der Waals surface area contributed by atoms with Crippen LogP contribution in [0.15, 0.2) is 24.3 Å². The minimum atomic E-state index is -0.264. The van der Waals surface area contributed by atoms with Gasteiger partial charge in [0.15, 0.2) is 0 Å². The Kier molecular flexibility index (Phi) is 3.39. The van der Waals surface area contributed by atoms with Gasteiger partial charge >= 0.3 is 0 Å². The van der Waals surface area contributed by atoms with Crippen LogP contribution >= 0.6 is 0 Å². The SMILES string of the molecule is CC1(C)CC(=O)N(Cc2ccccc2C#N)C(=O)C1. The molecule has 0 unspecified atom stereocenters. The summed E-state index contributed by atoms with van der Waals surface area (Å²) in [6.45, 7) is 4.03. The average Bonchev–Trinajstić information content (AvgIpc) is 2.33. The number of nitrogens with zero attached hydrogens (tertiary/aromatic N) is 2. The second kappa shape index (κ2) is 4.85. The molecule has 2 amide bonds. The Morgan fingerprint density at radius 2 is 1.79 bits per heavy atom. The molecule has 0 spiro atoms. The van der Waals surface area contributed by atoms with Crippen molar-refractivity contribution in [1.82, 2.24) is 4.90 Å². The Hall–Kier alpha value is -2.15. The molecule has 1 aliphatic rings. The number of nitriles is 1. The fraction of sp³-hybridized carbons (Fsp3) is 0.400. The number of piperidine rings is 1. The van der Waals surface area contributed by atoms with Crippen LogP contribution in [0.1, 0.15) is 37.8 Å². The third-order valence-corrected chi connectivity index (χ3v) is 3.33. The van der Waals surface area contributed by atoms with Crippen molar-refractivity contribution in [2.75, 3.05) is 0 Å². The van der Waals surface area contributed by atoms with Crippen LogP contribution < -0.4 is 0 Å². The van der Waals surface area contributed by atoms with Gasteiger partial charge in [0, 0.05) is 12.8 Å². The summed E-state index contributed by atoms with van der Waals surface area (Å²) in [5, 5.41) is 9.02. The molecule has 19 heavy (non-hydrogen) atoms. The van der Waals surface area contributed by atoms with Gasteiger partial charge in [-0.05, 0) is 17.0 Å². The number of rotatable bonds is 2. The molecule has 1 saturated heterocycles. The summed E-state index contributed by atoms with van der Waals surface area (Å²) in [4.78, 5) is 25.4. The Bertz CT molecular complexity index is 550. The van der Waals surface area contributed by atoms with Gasteiger partial charge in [0.05, 0.1) is 18.2 Å². The lowest BCUT2D eigenvalue weighted by Crippen LogP contribution is -2.45. The first kappa shape index (κ1) is 13.3. The number of imide groups is 1. The molecular weight excluding hydrogens is 240 g/mol. The maximum atomic E-state index is 12.0. The first-order valence-corrected chi connectivity index (χ1v) is 6.24. The molecule has 1 heterocycles. The minimum Gasteiger partial charge on any atom is -0.278 e. The molecule has 0 aromatic heterocycles. The Morgan fingerprint density at radius 1 is 1.21 bits per heavy atom. The number of benzene rings is 1. The van der Waals surface area contributed by atoms with Crippen LogP contribution in [0.25, 0.3) is 0 Å². The molecule has 0 atom stereocenters. The van der Waals surface area contributed by atoms with E-state index >= 15 is 0 Å². The second-order valence-corrected chi connectivity index (χ2v) is 5.66. The zero-order valence-electron chi connectivity index (χ0n) is 11.1. The Labute approximate surface area is 112 Å². The molecule has 1 fully saturated rings. The summed E-state index contributed by atoms with van der Waals surface area (Å²) < 4.78 is 0. The number of amides is 2. The Balaban J connectivity index is 2.22. The van der Waals surface area contributed by atoms with Gasteiger partial charge < -0.3 is 0 Å². The number of carbonyl (C=O) groups is 2. The summed E-state index contributed by atoms with van der Waals surface area (Å²) in [6.07, 6.45) is 0.737. The summed E-state index contributed by atoms with van der Waals surface area (Å²) in [6, 6.07) is 9.12. The van der Waals surface area contributed by atoms with Gasteiger partial charge in [-0.1, -0.05) is 32.0 Å². The lowest BCUT2D eigenvalue weighted by atomic mass is 9.81. The summed E-state index contributed by atoms with van der Waals surface area (Å²) in [5.41, 5.74) is 0.957. The van der Waals surface area contributed by atoms with Gasteiger partial charge in [-0.25, -0.2) is 0 Å². The first-order valence-electron chi connectivity index (χ1n) is 6.24. The monoisotopic (exact) mass is 256 g/mol. The average molecular weight is 256 g/mol. The van der Waals surface area contributed by atoms with E-state index in [1.807, 2.05) is 13.8 Å². The van der Waals surface area contributed by atoms with Crippen molar-refractivity contribution in [3.8, 4) is 6.07 Å². The summed E-state index contributed by atoms with van der Waals surface area (Å²) in [7, 11) is 0. The quantitative estimate of drug-likeness (QED) is 0.762. The van der Waals surface area contributed by atoms with E-state index in [2.05, 4.69) is 6.07 Å². The van der Waals surface area contributed by atoms with Crippen molar-refractivity contribution in [1.29, 1.82) is 5.26 Å². The van der Waals surface area contributed by atoms with Crippen LogP contribution in [0, 0.1) is 16.7 Å². The fourth-order valence-electron chi connectivity index (χ4n) is 2.33. The van der Waals surface area contributed by atoms with Crippen LogP contribution in [0.4, 0.5) is 0 Å². The zero-order chi connectivity index (χ0) is 14.0. The van der Waals surface area contributed by atoms with Crippen LogP contribution in [0.5, 0.6) is 0 Å². The lowest BCUT2D eigenvalue weighted by Gasteiger charge is -2.34. The highest BCUT2D eigenvalue weighted by Gasteiger charge is 2.37. The predicted octanol–water partition coefficient (Wildman–Crippen LogP) is 2.23. The molecule has 4 heteroatoms. The van der Waals surface area contributed by atoms with Crippen molar-refractivity contribution in [2.24, 2.45) is 5.41 Å². The normalized spacial score (nSPS) is 18.3. The van der Waals surface area contributed by atoms with Crippen molar-refractivity contribution in [3.05, 3.63) is 35.4 Å². The van der Waals surface area contributed by atoms with Gasteiger partial charge in [-0.15, -0.1) is 0 Å². The van der Waals surface area contributed by atoms with Crippen LogP contribution in [-0.2, 0) is 16.1 Å². The van der Waals surface area contributed by atoms with E-state index in [4.69, 9.17) is 5.26 Å². The summed E-state index contributed by atoms with van der Waals surface area (Å²) >= 11 is 0. The summed E-state index contributed by atoms with van der Waals surface area (Å²) in [5.74, 6) is -0.317. The molecule has 2 rings (SSSR count). The van der Waals surface area contributed by atoms with E-state index < -0.39 is 0 Å². The van der Waals surface area contributed by atoms with Crippen LogP contribution in [0.2, 0.25) is 0 Å². The topological polar surface area (TPSA) is 61.2 Å². The zero-order valence-corrected chi connectivity index (χ0v) is 11.1. The van der Waals surface area contributed by atoms with Gasteiger partial charge in [0.1, 0.15) is 0 Å². The molecule has 0 saturated carbocycles. The largest absolute Gasteiger partial charge is 0.278 e. The molecule has 1 aromatic carbocycles. The van der Waals surface area contributed by atoms with E-state index in [9.17, 15) is 9.59 Å². The molecule has 1 aromatic rings. The molecule has 1 aliphatic heterocycles. The Morgan fingerprint density at radius 3 is 2.37 bits per heavy atom. The van der Waals surface area contributed by atoms with Gasteiger partial charge in [0.25, 0.3) is 0 Å². The molecular formula is C15H16N2O2. The van der Waals surface area contributed by atoms with E-state index in [0.29, 0.717) is 24.0 Å². The molecule has 0 N–H and O–H groups in total. The first-order chi connectivity index (χ1) is 8.93. The molecule has 0 bridgehead atoms. The van der Waals surface area contributed by atoms with E-state index in [1.165, 1.54) is 4.90 Å². The van der Waals surface area contributed by atoms with Crippen molar-refractivity contribution in [3.63, 3.8) is 0 Å². The van der Waals surface area contributed by atoms with Crippen LogP contribution in [-0.4, -0.2) is 16.7 Å². The number of likely N-dealkylation sites (tertiary alicyclic amines) is 1. The molecule has 0 aliphatic carbocycles. The van der Waals surface area contributed by atoms with Gasteiger partial charge in [-0.2, -0.15) is 5.26 Å². The number of hydrogen-bond acceptors (Lipinski definition) is 3. The predicted molar refractivity (Wildman–Crippen MR) is 69.7 cm³/mol. The molecule has 98 valence electrons. The van der Waals surface area contributed by atoms with Crippen molar-refractivity contribution in [2.45, 2.75) is 33.2 Å². The van der Waals surface area contributed by atoms with Gasteiger partial charge in [0.2, 0.25) is 11.8 Å². The fourth-order valence-corrected chi connectivity index (χ4v) is 2.33.